The van der Waals surface area contributed by atoms with Crippen molar-refractivity contribution in [2.45, 2.75) is 45.4 Å². The van der Waals surface area contributed by atoms with E-state index in [1.165, 1.54) is 0 Å². The minimum Gasteiger partial charge on any atom is -0.480 e. The average molecular weight is 334 g/mol. The van der Waals surface area contributed by atoms with Gasteiger partial charge in [0.05, 0.1) is 6.61 Å². The molecule has 1 heterocycles. The summed E-state index contributed by atoms with van der Waals surface area (Å²) in [6.07, 6.45) is -4.54. The molecule has 1 unspecified atom stereocenters. The Hall–Kier alpha value is -2.20. The van der Waals surface area contributed by atoms with Gasteiger partial charge in [-0.15, -0.1) is 0 Å². The minimum absolute atomic E-state index is 0.264. The van der Waals surface area contributed by atoms with Crippen LogP contribution in [0.25, 0.3) is 0 Å². The van der Waals surface area contributed by atoms with Crippen LogP contribution in [0.2, 0.25) is 0 Å². The van der Waals surface area contributed by atoms with E-state index in [1.807, 2.05) is 0 Å². The molecule has 1 fully saturated rings. The molecule has 10 heteroatoms. The minimum atomic E-state index is -1.29. The Morgan fingerprint density at radius 1 is 0.913 bits per heavy atom. The van der Waals surface area contributed by atoms with Gasteiger partial charge in [0, 0.05) is 20.8 Å². The van der Waals surface area contributed by atoms with Gasteiger partial charge in [0.15, 0.2) is 6.10 Å². The number of carbonyl (C=O) groups excluding carboxylic acids is 3. The van der Waals surface area contributed by atoms with Crippen molar-refractivity contribution in [3.63, 3.8) is 0 Å². The third kappa shape index (κ3) is 6.20. The quantitative estimate of drug-likeness (QED) is 0.467. The summed E-state index contributed by atoms with van der Waals surface area (Å²) in [5, 5.41) is 8.55. The fourth-order valence-corrected chi connectivity index (χ4v) is 2.00. The topological polar surface area (TPSA) is 135 Å². The fourth-order valence-electron chi connectivity index (χ4n) is 2.00. The summed E-state index contributed by atoms with van der Waals surface area (Å²) in [5.41, 5.74) is 0. The van der Waals surface area contributed by atoms with E-state index in [9.17, 15) is 19.2 Å². The number of carboxylic acid groups (broad SMARTS) is 1. The highest BCUT2D eigenvalue weighted by atomic mass is 16.8. The van der Waals surface area contributed by atoms with Crippen molar-refractivity contribution in [2.24, 2.45) is 0 Å². The van der Waals surface area contributed by atoms with Crippen molar-refractivity contribution < 1.29 is 48.0 Å². The Balaban J connectivity index is 2.88. The molecule has 10 nitrogen and oxygen atoms in total. The highest BCUT2D eigenvalue weighted by Gasteiger charge is 2.51. The highest BCUT2D eigenvalue weighted by Crippen LogP contribution is 2.28. The first-order valence-electron chi connectivity index (χ1n) is 6.67. The number of hydrogen-bond donors (Lipinski definition) is 1. The lowest BCUT2D eigenvalue weighted by atomic mass is 10.1. The number of esters is 3. The third-order valence-corrected chi connectivity index (χ3v) is 2.66. The van der Waals surface area contributed by atoms with E-state index in [0.29, 0.717) is 0 Å². The molecule has 0 radical (unpaired) electrons. The Morgan fingerprint density at radius 3 is 1.91 bits per heavy atom. The number of aliphatic carboxylic acids is 1. The summed E-state index contributed by atoms with van der Waals surface area (Å²) >= 11 is 0. The smallest absolute Gasteiger partial charge is 0.329 e. The third-order valence-electron chi connectivity index (χ3n) is 2.66. The summed E-state index contributed by atoms with van der Waals surface area (Å²) < 4.78 is 25.2. The summed E-state index contributed by atoms with van der Waals surface area (Å²) in [6.45, 7) is 2.54. The van der Waals surface area contributed by atoms with Crippen molar-refractivity contribution in [2.75, 3.05) is 13.2 Å². The normalized spacial score (nSPS) is 26.4. The second kappa shape index (κ2) is 8.44. The van der Waals surface area contributed by atoms with Crippen LogP contribution >= 0.6 is 0 Å². The standard InChI is InChI=1S/C13H18O10/c1-6(14)20-11-9(4-19-5-10(17)18)23-13(22-8(3)16)12(11)21-7(2)15/h9,11-13H,4-5H2,1-3H3,(H,17,18)/t9-,11-,12-,13?/m1/s1. The molecule has 1 saturated heterocycles. The first-order valence-corrected chi connectivity index (χ1v) is 6.67. The zero-order valence-electron chi connectivity index (χ0n) is 12.8. The Labute approximate surface area is 131 Å². The molecular formula is C13H18O10. The van der Waals surface area contributed by atoms with Gasteiger partial charge in [-0.05, 0) is 0 Å². The molecular weight excluding hydrogens is 316 g/mol. The second-order valence-corrected chi connectivity index (χ2v) is 4.71. The van der Waals surface area contributed by atoms with Crippen molar-refractivity contribution in [1.82, 2.24) is 0 Å². The fraction of sp³-hybridized carbons (Fsp3) is 0.692. The van der Waals surface area contributed by atoms with Crippen LogP contribution in [0.5, 0.6) is 0 Å². The first-order chi connectivity index (χ1) is 10.7. The van der Waals surface area contributed by atoms with Crippen LogP contribution < -0.4 is 0 Å². The largest absolute Gasteiger partial charge is 0.480 e. The van der Waals surface area contributed by atoms with Crippen molar-refractivity contribution in [1.29, 1.82) is 0 Å². The predicted octanol–water partition coefficient (Wildman–Crippen LogP) is -0.761. The van der Waals surface area contributed by atoms with Crippen LogP contribution in [0.15, 0.2) is 0 Å². The molecule has 0 bridgehead atoms. The predicted molar refractivity (Wildman–Crippen MR) is 70.0 cm³/mol. The first kappa shape index (κ1) is 18.8. The SMILES string of the molecule is CC(=O)OC1O[C@H](COCC(=O)O)[C@@H](OC(C)=O)[C@H]1OC(C)=O. The molecule has 1 N–H and O–H groups in total. The molecule has 0 aromatic rings. The average Bonchev–Trinajstić information content (AvgIpc) is 2.66. The van der Waals surface area contributed by atoms with E-state index in [1.54, 1.807) is 0 Å². The number of carbonyl (C=O) groups is 4. The summed E-state index contributed by atoms with van der Waals surface area (Å²) in [4.78, 5) is 44.0. The molecule has 130 valence electrons. The van der Waals surface area contributed by atoms with Gasteiger partial charge in [0.2, 0.25) is 12.4 Å². The lowest BCUT2D eigenvalue weighted by Crippen LogP contribution is -2.42. The summed E-state index contributed by atoms with van der Waals surface area (Å²) in [5.74, 6) is -3.26. The molecule has 4 atom stereocenters. The second-order valence-electron chi connectivity index (χ2n) is 4.71. The van der Waals surface area contributed by atoms with Gasteiger partial charge in [-0.1, -0.05) is 0 Å². The number of carboxylic acids is 1. The van der Waals surface area contributed by atoms with E-state index in [0.717, 1.165) is 20.8 Å². The van der Waals surface area contributed by atoms with Gasteiger partial charge >= 0.3 is 23.9 Å². The van der Waals surface area contributed by atoms with E-state index < -0.39 is 55.1 Å². The zero-order chi connectivity index (χ0) is 17.6. The summed E-state index contributed by atoms with van der Waals surface area (Å²) in [7, 11) is 0. The van der Waals surface area contributed by atoms with Crippen LogP contribution in [-0.4, -0.2) is 66.8 Å². The molecule has 0 aliphatic carbocycles. The van der Waals surface area contributed by atoms with Crippen LogP contribution in [0.3, 0.4) is 0 Å². The van der Waals surface area contributed by atoms with Crippen molar-refractivity contribution in [3.8, 4) is 0 Å². The van der Waals surface area contributed by atoms with Gasteiger partial charge in [-0.3, -0.25) is 14.4 Å². The van der Waals surface area contributed by atoms with Crippen LogP contribution in [0.1, 0.15) is 20.8 Å². The molecule has 0 spiro atoms. The molecule has 0 saturated carbocycles. The Morgan fingerprint density at radius 2 is 1.43 bits per heavy atom. The lowest BCUT2D eigenvalue weighted by molar-refractivity contribution is -0.197. The van der Waals surface area contributed by atoms with E-state index in [-0.39, 0.29) is 6.61 Å². The Kier molecular flexibility index (Phi) is 6.91. The maximum Gasteiger partial charge on any atom is 0.329 e. The van der Waals surface area contributed by atoms with Gasteiger partial charge in [0.1, 0.15) is 12.7 Å². The van der Waals surface area contributed by atoms with E-state index >= 15 is 0 Å². The van der Waals surface area contributed by atoms with Gasteiger partial charge in [0.25, 0.3) is 0 Å². The van der Waals surface area contributed by atoms with Crippen LogP contribution in [0.4, 0.5) is 0 Å². The van der Waals surface area contributed by atoms with Gasteiger partial charge in [-0.2, -0.15) is 0 Å². The molecule has 1 aliphatic rings. The Bertz CT molecular complexity index is 473. The van der Waals surface area contributed by atoms with Crippen LogP contribution in [0, 0.1) is 0 Å². The van der Waals surface area contributed by atoms with Crippen molar-refractivity contribution in [3.05, 3.63) is 0 Å². The van der Waals surface area contributed by atoms with E-state index in [4.69, 9.17) is 28.8 Å². The maximum atomic E-state index is 11.2. The van der Waals surface area contributed by atoms with Crippen molar-refractivity contribution >= 4 is 23.9 Å². The molecule has 0 aromatic carbocycles. The van der Waals surface area contributed by atoms with E-state index in [2.05, 4.69) is 0 Å². The van der Waals surface area contributed by atoms with Gasteiger partial charge < -0.3 is 28.8 Å². The number of rotatable bonds is 7. The molecule has 1 rings (SSSR count). The zero-order valence-corrected chi connectivity index (χ0v) is 12.8. The number of hydrogen-bond acceptors (Lipinski definition) is 9. The molecule has 0 amide bonds. The van der Waals surface area contributed by atoms with Crippen LogP contribution in [-0.2, 0) is 42.9 Å². The molecule has 23 heavy (non-hydrogen) atoms. The molecule has 0 aromatic heterocycles. The summed E-state index contributed by atoms with van der Waals surface area (Å²) in [6, 6.07) is 0. The molecule has 1 aliphatic heterocycles. The highest BCUT2D eigenvalue weighted by molar-refractivity contribution is 5.68. The van der Waals surface area contributed by atoms with Gasteiger partial charge in [-0.25, -0.2) is 4.79 Å². The maximum absolute atomic E-state index is 11.2. The monoisotopic (exact) mass is 334 g/mol. The number of ether oxygens (including phenoxy) is 5. The lowest BCUT2D eigenvalue weighted by Gasteiger charge is -2.22.